The lowest BCUT2D eigenvalue weighted by atomic mass is 9.99. The maximum Gasteiger partial charge on any atom is 0.268 e. The van der Waals surface area contributed by atoms with E-state index in [1.54, 1.807) is 0 Å². The molecule has 0 aliphatic heterocycles. The van der Waals surface area contributed by atoms with Crippen molar-refractivity contribution in [3.8, 4) is 0 Å². The van der Waals surface area contributed by atoms with Crippen molar-refractivity contribution in [1.29, 1.82) is 0 Å². The van der Waals surface area contributed by atoms with Crippen molar-refractivity contribution in [1.82, 2.24) is 5.32 Å². The smallest absolute Gasteiger partial charge is 0.268 e. The fourth-order valence-corrected chi connectivity index (χ4v) is 8.47. The minimum atomic E-state index is -4.68. The van der Waals surface area contributed by atoms with Gasteiger partial charge in [0.1, 0.15) is 19.3 Å². The molecule has 0 spiro atoms. The summed E-state index contributed by atoms with van der Waals surface area (Å²) in [6, 6.07) is -1.09. The van der Waals surface area contributed by atoms with Crippen molar-refractivity contribution in [2.75, 3.05) is 40.9 Å². The average molecular weight is 1040 g/mol. The zero-order valence-electron chi connectivity index (χ0n) is 47.2. The van der Waals surface area contributed by atoms with Crippen LogP contribution in [0.15, 0.2) is 122 Å². The van der Waals surface area contributed by atoms with Gasteiger partial charge in [-0.25, -0.2) is 0 Å². The second-order valence-electron chi connectivity index (χ2n) is 20.4. The summed E-state index contributed by atoms with van der Waals surface area (Å²) in [5, 5.41) is 24.7. The normalized spacial score (nSPS) is 15.2. The van der Waals surface area contributed by atoms with Crippen molar-refractivity contribution in [2.24, 2.45) is 0 Å². The fourth-order valence-electron chi connectivity index (χ4n) is 7.75. The van der Waals surface area contributed by atoms with Gasteiger partial charge in [0.05, 0.1) is 39.9 Å². The van der Waals surface area contributed by atoms with E-state index in [1.165, 1.54) is 51.4 Å². The number of nitrogens with one attached hydrogen (secondary N) is 1. The van der Waals surface area contributed by atoms with Crippen molar-refractivity contribution >= 4 is 13.7 Å². The first kappa shape index (κ1) is 69.9. The van der Waals surface area contributed by atoms with Crippen LogP contribution in [-0.2, 0) is 18.4 Å². The molecule has 0 rings (SSSR count). The van der Waals surface area contributed by atoms with Gasteiger partial charge in [0, 0.05) is 6.42 Å². The SMILES string of the molecule is CC/C=C\C/C=C\C/C=C\C/C=C\C/C=C\C/C=C\C/C=C\C/C=C\C/C=C\C/C=C\CCCCCCCCC(=O)NC(COP(=O)([O-])OCC[N+](C)(C)C)C(O)C(O)CCCCCCCCCCCCCC. The molecule has 1 amide bonds. The first-order valence-electron chi connectivity index (χ1n) is 29.0. The molecule has 0 aromatic carbocycles. The number of hydrogen-bond acceptors (Lipinski definition) is 7. The number of phosphoric ester groups is 1. The Morgan fingerprint density at radius 1 is 0.507 bits per heavy atom. The molecule has 0 aliphatic rings. The minimum Gasteiger partial charge on any atom is -0.756 e. The summed E-state index contributed by atoms with van der Waals surface area (Å²) in [5.41, 5.74) is 0. The van der Waals surface area contributed by atoms with Crippen molar-refractivity contribution < 1.29 is 38.0 Å². The Morgan fingerprint density at radius 3 is 1.26 bits per heavy atom. The van der Waals surface area contributed by atoms with E-state index in [1.807, 2.05) is 21.1 Å². The van der Waals surface area contributed by atoms with Gasteiger partial charge >= 0.3 is 0 Å². The Balaban J connectivity index is 4.24. The van der Waals surface area contributed by atoms with Crippen LogP contribution >= 0.6 is 7.82 Å². The number of amides is 1. The second kappa shape index (κ2) is 52.3. The molecule has 10 heteroatoms. The summed E-state index contributed by atoms with van der Waals surface area (Å²) in [4.78, 5) is 25.5. The predicted molar refractivity (Wildman–Crippen MR) is 312 cm³/mol. The molecule has 0 saturated carbocycles. The maximum absolute atomic E-state index is 13.0. The van der Waals surface area contributed by atoms with E-state index in [9.17, 15) is 24.5 Å². The zero-order valence-corrected chi connectivity index (χ0v) is 48.0. The van der Waals surface area contributed by atoms with Crippen LogP contribution in [0.25, 0.3) is 0 Å². The summed E-state index contributed by atoms with van der Waals surface area (Å²) in [5.74, 6) is -0.298. The fraction of sp³-hybridized carbons (Fsp3) is 0.667. The number of allylic oxidation sites excluding steroid dienone is 20. The number of phosphoric acid groups is 1. The number of rotatable bonds is 51. The number of hydrogen-bond donors (Lipinski definition) is 3. The number of unbranched alkanes of at least 4 members (excludes halogenated alkanes) is 17. The van der Waals surface area contributed by atoms with Crippen LogP contribution in [0.2, 0.25) is 0 Å². The van der Waals surface area contributed by atoms with Crippen molar-refractivity contribution in [3.05, 3.63) is 122 Å². The first-order chi connectivity index (χ1) is 35.4. The highest BCUT2D eigenvalue weighted by molar-refractivity contribution is 7.45. The quantitative estimate of drug-likeness (QED) is 0.0240. The molecule has 3 N–H and O–H groups in total. The first-order valence-corrected chi connectivity index (χ1v) is 30.4. The molecular weight excluding hydrogens is 928 g/mol. The molecule has 0 bridgehead atoms. The molecule has 0 radical (unpaired) electrons. The van der Waals surface area contributed by atoms with Crippen LogP contribution in [0.5, 0.6) is 0 Å². The number of nitrogens with zero attached hydrogens (tertiary/aromatic N) is 1. The Bertz CT molecular complexity index is 1620. The topological polar surface area (TPSA) is 128 Å². The maximum atomic E-state index is 13.0. The van der Waals surface area contributed by atoms with E-state index < -0.39 is 32.7 Å². The summed E-state index contributed by atoms with van der Waals surface area (Å²) in [7, 11) is 1.10. The van der Waals surface area contributed by atoms with E-state index in [0.29, 0.717) is 23.9 Å². The molecule has 0 aliphatic carbocycles. The van der Waals surface area contributed by atoms with E-state index in [0.717, 1.165) is 128 Å². The third kappa shape index (κ3) is 53.5. The van der Waals surface area contributed by atoms with E-state index >= 15 is 0 Å². The molecule has 0 saturated heterocycles. The van der Waals surface area contributed by atoms with Crippen LogP contribution < -0.4 is 10.2 Å². The lowest BCUT2D eigenvalue weighted by Crippen LogP contribution is -2.51. The summed E-state index contributed by atoms with van der Waals surface area (Å²) >= 11 is 0. The number of carbonyl (C=O) groups excluding carboxylic acids is 1. The van der Waals surface area contributed by atoms with Crippen molar-refractivity contribution in [3.63, 3.8) is 0 Å². The highest BCUT2D eigenvalue weighted by Crippen LogP contribution is 2.38. The number of aliphatic hydroxyl groups excluding tert-OH is 2. The van der Waals surface area contributed by atoms with Gasteiger partial charge in [0.2, 0.25) is 5.91 Å². The third-order valence-electron chi connectivity index (χ3n) is 12.3. The summed E-state index contributed by atoms with van der Waals surface area (Å²) in [6.45, 7) is 4.29. The van der Waals surface area contributed by atoms with Crippen LogP contribution in [0, 0.1) is 0 Å². The zero-order chi connectivity index (χ0) is 53.6. The molecule has 73 heavy (non-hydrogen) atoms. The molecular formula is C63H109N2O7P. The number of quaternary nitrogens is 1. The lowest BCUT2D eigenvalue weighted by molar-refractivity contribution is -0.870. The van der Waals surface area contributed by atoms with E-state index in [-0.39, 0.29) is 18.9 Å². The molecule has 0 fully saturated rings. The standard InChI is InChI=1S/C63H109N2O7P/c1-6-8-10-12-14-16-18-20-21-22-23-24-25-26-27-28-29-30-31-32-33-34-35-36-37-38-39-40-41-42-43-44-46-48-50-52-54-56-62(67)64-60(59-72-73(69,70)71-58-57-65(3,4)5)63(68)61(66)55-53-51-49-47-45-19-17-15-13-11-9-7-2/h8,10,14,16,20-21,23-24,26-27,29-30,32-33,35-36,38-39,41-42,60-61,63,66,68H,6-7,9,11-13,15,17-19,22,25,28,31,34,37,40,43-59H2,1-5H3,(H-,64,67,69,70)/b10-8-,16-14-,21-20-,24-23-,27-26-,30-29-,33-32-,36-35-,39-38-,42-41-. The molecule has 418 valence electrons. The Labute approximate surface area is 448 Å². The van der Waals surface area contributed by atoms with Crippen LogP contribution in [0.4, 0.5) is 0 Å². The summed E-state index contributed by atoms with van der Waals surface area (Å²) < 4.78 is 23.2. The second-order valence-corrected chi connectivity index (χ2v) is 21.8. The number of aliphatic hydroxyl groups is 2. The van der Waals surface area contributed by atoms with Gasteiger partial charge in [0.15, 0.2) is 0 Å². The van der Waals surface area contributed by atoms with Crippen LogP contribution in [-0.4, -0.2) is 79.8 Å². The van der Waals surface area contributed by atoms with Gasteiger partial charge in [-0.3, -0.25) is 9.36 Å². The van der Waals surface area contributed by atoms with E-state index in [2.05, 4.69) is 141 Å². The van der Waals surface area contributed by atoms with Crippen LogP contribution in [0.1, 0.15) is 213 Å². The lowest BCUT2D eigenvalue weighted by Gasteiger charge is -2.31. The number of carbonyl (C=O) groups is 1. The van der Waals surface area contributed by atoms with Gasteiger partial charge in [0.25, 0.3) is 7.82 Å². The molecule has 0 heterocycles. The van der Waals surface area contributed by atoms with Gasteiger partial charge in [-0.15, -0.1) is 0 Å². The average Bonchev–Trinajstić information content (AvgIpc) is 3.35. The molecule has 9 nitrogen and oxygen atoms in total. The monoisotopic (exact) mass is 1040 g/mol. The van der Waals surface area contributed by atoms with Gasteiger partial charge in [-0.05, 0) is 89.9 Å². The molecule has 4 unspecified atom stereocenters. The largest absolute Gasteiger partial charge is 0.756 e. The third-order valence-corrected chi connectivity index (χ3v) is 13.3. The molecule has 4 atom stereocenters. The predicted octanol–water partition coefficient (Wildman–Crippen LogP) is 16.1. The highest BCUT2D eigenvalue weighted by atomic mass is 31.2. The van der Waals surface area contributed by atoms with Crippen LogP contribution in [0.3, 0.4) is 0 Å². The molecule has 0 aromatic rings. The van der Waals surface area contributed by atoms with Gasteiger partial charge in [-0.2, -0.15) is 0 Å². The minimum absolute atomic E-state index is 0.0500. The Kier molecular flexibility index (Phi) is 50.1. The summed E-state index contributed by atoms with van der Waals surface area (Å²) in [6.07, 6.45) is 74.0. The Morgan fingerprint density at radius 2 is 0.863 bits per heavy atom. The van der Waals surface area contributed by atoms with Gasteiger partial charge < -0.3 is 34.0 Å². The highest BCUT2D eigenvalue weighted by Gasteiger charge is 2.29. The van der Waals surface area contributed by atoms with Crippen molar-refractivity contribution in [2.45, 2.75) is 231 Å². The van der Waals surface area contributed by atoms with Gasteiger partial charge in [-0.1, -0.05) is 238 Å². The Hall–Kier alpha value is -3.14. The van der Waals surface area contributed by atoms with E-state index in [4.69, 9.17) is 9.05 Å². The number of likely N-dealkylation sites (N-methyl/N-ethyl adjacent to an activating group) is 1. The molecule has 0 aromatic heterocycles.